The number of ether oxygens (including phenoxy) is 1. The number of rotatable bonds is 4. The predicted molar refractivity (Wildman–Crippen MR) is 84.6 cm³/mol. The van der Waals surface area contributed by atoms with Gasteiger partial charge in [-0.05, 0) is 37.6 Å². The zero-order chi connectivity index (χ0) is 18.0. The largest absolute Gasteiger partial charge is 0.457 e. The zero-order valence-corrected chi connectivity index (χ0v) is 13.0. The molecule has 1 saturated heterocycles. The molecule has 1 fully saturated rings. The Morgan fingerprint density at radius 3 is 2.44 bits per heavy atom. The van der Waals surface area contributed by atoms with Crippen molar-refractivity contribution in [1.82, 2.24) is 5.32 Å². The average Bonchev–Trinajstić information content (AvgIpc) is 3.08. The van der Waals surface area contributed by atoms with Gasteiger partial charge < -0.3 is 10.1 Å². The number of nitrogens with zero attached hydrogens (tertiary/aromatic N) is 1. The summed E-state index contributed by atoms with van der Waals surface area (Å²) in [4.78, 5) is 10.5. The first kappa shape index (κ1) is 17.2. The van der Waals surface area contributed by atoms with Crippen molar-refractivity contribution >= 4 is 5.69 Å². The predicted octanol–water partition coefficient (Wildman–Crippen LogP) is 4.83. The number of nitro benzene ring substituents is 1. The van der Waals surface area contributed by atoms with E-state index in [2.05, 4.69) is 5.32 Å². The number of halogens is 3. The monoisotopic (exact) mass is 352 g/mol. The van der Waals surface area contributed by atoms with Crippen LogP contribution in [-0.2, 0) is 6.18 Å². The van der Waals surface area contributed by atoms with Crippen LogP contribution in [-0.4, -0.2) is 11.5 Å². The molecule has 0 unspecified atom stereocenters. The molecule has 1 N–H and O–H groups in total. The van der Waals surface area contributed by atoms with E-state index in [1.165, 1.54) is 12.1 Å². The maximum atomic E-state index is 13.8. The molecule has 0 saturated carbocycles. The smallest absolute Gasteiger partial charge is 0.420 e. The lowest BCUT2D eigenvalue weighted by atomic mass is 9.95. The van der Waals surface area contributed by atoms with Crippen molar-refractivity contribution in [2.75, 3.05) is 6.54 Å². The molecule has 1 aliphatic rings. The van der Waals surface area contributed by atoms with Crippen molar-refractivity contribution in [3.8, 4) is 11.5 Å². The van der Waals surface area contributed by atoms with Gasteiger partial charge in [-0.25, -0.2) is 0 Å². The van der Waals surface area contributed by atoms with Crippen LogP contribution in [0.3, 0.4) is 0 Å². The molecule has 0 radical (unpaired) electrons. The normalized spacial score (nSPS) is 17.5. The van der Waals surface area contributed by atoms with Crippen molar-refractivity contribution in [2.45, 2.75) is 25.1 Å². The van der Waals surface area contributed by atoms with E-state index in [0.29, 0.717) is 19.4 Å². The number of nitro groups is 1. The second-order valence-electron chi connectivity index (χ2n) is 5.69. The molecule has 132 valence electrons. The Hall–Kier alpha value is -2.61. The number of nitrogens with one attached hydrogen (secondary N) is 1. The van der Waals surface area contributed by atoms with Gasteiger partial charge in [-0.15, -0.1) is 0 Å². The molecular weight excluding hydrogens is 337 g/mol. The quantitative estimate of drug-likeness (QED) is 0.632. The summed E-state index contributed by atoms with van der Waals surface area (Å²) in [7, 11) is 0. The summed E-state index contributed by atoms with van der Waals surface area (Å²) in [6.45, 7) is 0.517. The molecule has 2 aromatic rings. The number of hydrogen-bond acceptors (Lipinski definition) is 4. The van der Waals surface area contributed by atoms with Crippen LogP contribution in [0.1, 0.15) is 30.0 Å². The topological polar surface area (TPSA) is 64.4 Å². The highest BCUT2D eigenvalue weighted by atomic mass is 19.4. The molecule has 1 aliphatic heterocycles. The minimum Gasteiger partial charge on any atom is -0.457 e. The molecule has 5 nitrogen and oxygen atoms in total. The minimum absolute atomic E-state index is 0.229. The van der Waals surface area contributed by atoms with E-state index in [-0.39, 0.29) is 11.3 Å². The summed E-state index contributed by atoms with van der Waals surface area (Å²) in [5.41, 5.74) is -2.00. The Morgan fingerprint density at radius 1 is 1.16 bits per heavy atom. The van der Waals surface area contributed by atoms with Gasteiger partial charge in [-0.1, -0.05) is 18.2 Å². The van der Waals surface area contributed by atoms with Crippen LogP contribution in [0.2, 0.25) is 0 Å². The Morgan fingerprint density at radius 2 is 1.88 bits per heavy atom. The zero-order valence-electron chi connectivity index (χ0n) is 13.0. The molecule has 0 bridgehead atoms. The molecule has 1 heterocycles. The van der Waals surface area contributed by atoms with E-state index < -0.39 is 34.1 Å². The first-order valence-corrected chi connectivity index (χ1v) is 7.72. The van der Waals surface area contributed by atoms with E-state index in [0.717, 1.165) is 12.1 Å². The van der Waals surface area contributed by atoms with Crippen LogP contribution in [0.25, 0.3) is 0 Å². The van der Waals surface area contributed by atoms with E-state index in [1.807, 2.05) is 0 Å². The van der Waals surface area contributed by atoms with Crippen LogP contribution in [0, 0.1) is 10.1 Å². The highest BCUT2D eigenvalue weighted by molar-refractivity contribution is 5.56. The van der Waals surface area contributed by atoms with Crippen LogP contribution in [0.15, 0.2) is 42.5 Å². The fourth-order valence-electron chi connectivity index (χ4n) is 3.02. The van der Waals surface area contributed by atoms with Gasteiger partial charge in [-0.2, -0.15) is 13.2 Å². The van der Waals surface area contributed by atoms with Crippen LogP contribution >= 0.6 is 0 Å². The molecule has 8 heteroatoms. The SMILES string of the molecule is O=[N+]([O-])c1ccc(Oc2ccccc2)c(C(F)(F)F)c1[C@@H]1CCCN1. The Kier molecular flexibility index (Phi) is 4.63. The van der Waals surface area contributed by atoms with E-state index >= 15 is 0 Å². The van der Waals surface area contributed by atoms with Gasteiger partial charge in [0.05, 0.1) is 10.5 Å². The second-order valence-corrected chi connectivity index (χ2v) is 5.69. The van der Waals surface area contributed by atoms with Gasteiger partial charge in [0.2, 0.25) is 0 Å². The molecule has 0 aromatic heterocycles. The van der Waals surface area contributed by atoms with Gasteiger partial charge in [-0.3, -0.25) is 10.1 Å². The second kappa shape index (κ2) is 6.72. The minimum atomic E-state index is -4.78. The molecule has 2 aromatic carbocycles. The Balaban J connectivity index is 2.18. The van der Waals surface area contributed by atoms with Gasteiger partial charge in [0, 0.05) is 12.1 Å². The number of hydrogen-bond donors (Lipinski definition) is 1. The van der Waals surface area contributed by atoms with Gasteiger partial charge in [0.1, 0.15) is 17.1 Å². The van der Waals surface area contributed by atoms with Crippen LogP contribution < -0.4 is 10.1 Å². The van der Waals surface area contributed by atoms with Crippen LogP contribution in [0.4, 0.5) is 18.9 Å². The Labute approximate surface area is 141 Å². The molecule has 3 rings (SSSR count). The highest BCUT2D eigenvalue weighted by Crippen LogP contribution is 2.47. The maximum absolute atomic E-state index is 13.8. The summed E-state index contributed by atoms with van der Waals surface area (Å²) in [6.07, 6.45) is -3.72. The van der Waals surface area contributed by atoms with Crippen molar-refractivity contribution in [3.63, 3.8) is 0 Å². The van der Waals surface area contributed by atoms with Gasteiger partial charge >= 0.3 is 6.18 Å². The number of para-hydroxylation sites is 1. The summed E-state index contributed by atoms with van der Waals surface area (Å²) in [5, 5.41) is 14.2. The molecule has 0 amide bonds. The third-order valence-corrected chi connectivity index (χ3v) is 4.04. The number of alkyl halides is 3. The van der Waals surface area contributed by atoms with Gasteiger partial charge in [0.15, 0.2) is 0 Å². The maximum Gasteiger partial charge on any atom is 0.420 e. The Bertz CT molecular complexity index is 773. The van der Waals surface area contributed by atoms with Crippen molar-refractivity contribution in [2.24, 2.45) is 0 Å². The fourth-order valence-corrected chi connectivity index (χ4v) is 3.02. The third-order valence-electron chi connectivity index (χ3n) is 4.04. The lowest BCUT2D eigenvalue weighted by Crippen LogP contribution is -2.21. The summed E-state index contributed by atoms with van der Waals surface area (Å²) in [6, 6.07) is 9.37. The summed E-state index contributed by atoms with van der Waals surface area (Å²) >= 11 is 0. The standard InChI is InChI=1S/C17H15F3N2O3/c18-17(19,20)16-14(25-11-5-2-1-3-6-11)9-8-13(22(23)24)15(16)12-7-4-10-21-12/h1-3,5-6,8-9,12,21H,4,7,10H2/t12-/m0/s1. The lowest BCUT2D eigenvalue weighted by molar-refractivity contribution is -0.386. The first-order chi connectivity index (χ1) is 11.9. The van der Waals surface area contributed by atoms with E-state index in [9.17, 15) is 23.3 Å². The molecule has 0 spiro atoms. The molecule has 0 aliphatic carbocycles. The van der Waals surface area contributed by atoms with E-state index in [1.54, 1.807) is 18.2 Å². The highest BCUT2D eigenvalue weighted by Gasteiger charge is 2.43. The van der Waals surface area contributed by atoms with Crippen molar-refractivity contribution in [1.29, 1.82) is 0 Å². The summed E-state index contributed by atoms with van der Waals surface area (Å²) < 4.78 is 46.7. The molecule has 1 atom stereocenters. The number of benzene rings is 2. The molecular formula is C17H15F3N2O3. The van der Waals surface area contributed by atoms with Crippen molar-refractivity contribution < 1.29 is 22.8 Å². The molecule has 25 heavy (non-hydrogen) atoms. The van der Waals surface area contributed by atoms with Crippen LogP contribution in [0.5, 0.6) is 11.5 Å². The van der Waals surface area contributed by atoms with Crippen molar-refractivity contribution in [3.05, 3.63) is 63.7 Å². The lowest BCUT2D eigenvalue weighted by Gasteiger charge is -2.21. The average molecular weight is 352 g/mol. The first-order valence-electron chi connectivity index (χ1n) is 7.72. The van der Waals surface area contributed by atoms with E-state index in [4.69, 9.17) is 4.74 Å². The fraction of sp³-hybridized carbons (Fsp3) is 0.294. The summed E-state index contributed by atoms with van der Waals surface area (Å²) in [5.74, 6) is -0.208. The third kappa shape index (κ3) is 3.58. The van der Waals surface area contributed by atoms with Gasteiger partial charge in [0.25, 0.3) is 5.69 Å².